The third-order valence-corrected chi connectivity index (χ3v) is 10.9. The van der Waals surface area contributed by atoms with E-state index in [9.17, 15) is 45.2 Å². The fourth-order valence-electron chi connectivity index (χ4n) is 7.38. The van der Waals surface area contributed by atoms with E-state index in [1.807, 2.05) is 13.0 Å². The molecule has 0 aromatic rings. The normalized spacial score (nSPS) is 32.9. The Hall–Kier alpha value is -2.41. The zero-order valence-electron chi connectivity index (χ0n) is 23.1. The van der Waals surface area contributed by atoms with Crippen LogP contribution in [-0.2, 0) is 34.0 Å². The van der Waals surface area contributed by atoms with E-state index in [1.54, 1.807) is 19.9 Å². The van der Waals surface area contributed by atoms with E-state index in [1.165, 1.54) is 0 Å². The number of ketones is 3. The van der Waals surface area contributed by atoms with E-state index in [4.69, 9.17) is 4.55 Å². The summed E-state index contributed by atoms with van der Waals surface area (Å²) in [5.74, 6) is -7.32. The lowest BCUT2D eigenvalue weighted by Crippen LogP contribution is -2.54. The fourth-order valence-corrected chi connectivity index (χ4v) is 7.86. The summed E-state index contributed by atoms with van der Waals surface area (Å²) in [7, 11) is -6.38. The minimum absolute atomic E-state index is 0.0272. The van der Waals surface area contributed by atoms with Crippen LogP contribution in [0.2, 0.25) is 0 Å². The van der Waals surface area contributed by atoms with Crippen LogP contribution < -0.4 is 0 Å². The zero-order valence-corrected chi connectivity index (χ0v) is 23.9. The van der Waals surface area contributed by atoms with Crippen molar-refractivity contribution in [1.82, 2.24) is 0 Å². The lowest BCUT2D eigenvalue weighted by Gasteiger charge is -2.54. The van der Waals surface area contributed by atoms with Crippen LogP contribution in [0.25, 0.3) is 0 Å². The monoisotopic (exact) mass is 606 g/mol. The molecule has 1 N–H and O–H groups in total. The Morgan fingerprint density at radius 3 is 2.46 bits per heavy atom. The predicted octanol–water partition coefficient (Wildman–Crippen LogP) is 4.88. The van der Waals surface area contributed by atoms with E-state index >= 15 is 0 Å². The second-order valence-electron chi connectivity index (χ2n) is 12.3. The Balaban J connectivity index is 1.40. The Labute approximate surface area is 235 Å². The summed E-state index contributed by atoms with van der Waals surface area (Å²) in [6.45, 7) is 4.43. The highest BCUT2D eigenvalue weighted by Crippen LogP contribution is 2.63. The number of halogens is 4. The van der Waals surface area contributed by atoms with Gasteiger partial charge < -0.3 is 4.74 Å². The van der Waals surface area contributed by atoms with Crippen LogP contribution in [0.1, 0.15) is 72.1 Å². The summed E-state index contributed by atoms with van der Waals surface area (Å²) in [5.41, 5.74) is 0.198. The second-order valence-corrected chi connectivity index (χ2v) is 13.7. The second kappa shape index (κ2) is 10.4. The van der Waals surface area contributed by atoms with E-state index in [0.29, 0.717) is 25.7 Å². The first-order valence-electron chi connectivity index (χ1n) is 13.7. The van der Waals surface area contributed by atoms with Crippen LogP contribution in [-0.4, -0.2) is 54.1 Å². The molecule has 5 unspecified atom stereocenters. The van der Waals surface area contributed by atoms with Crippen molar-refractivity contribution in [2.45, 2.75) is 83.3 Å². The van der Waals surface area contributed by atoms with Gasteiger partial charge in [0.2, 0.25) is 0 Å². The van der Waals surface area contributed by atoms with Crippen molar-refractivity contribution in [3.05, 3.63) is 23.3 Å². The van der Waals surface area contributed by atoms with Crippen LogP contribution in [0.3, 0.4) is 0 Å². The molecule has 0 aromatic carbocycles. The van der Waals surface area contributed by atoms with Gasteiger partial charge in [-0.3, -0.25) is 23.7 Å². The number of allylic oxidation sites excluding steroid dienone is 4. The molecule has 0 aromatic heterocycles. The molecule has 4 aliphatic rings. The number of rotatable bonds is 9. The molecule has 13 heteroatoms. The number of hydrogen-bond donors (Lipinski definition) is 1. The van der Waals surface area contributed by atoms with Gasteiger partial charge in [0, 0.05) is 31.6 Å². The fraction of sp³-hybridized carbons (Fsp3) is 0.714. The number of hydrogen-bond acceptors (Lipinski definition) is 7. The van der Waals surface area contributed by atoms with Gasteiger partial charge in [0.1, 0.15) is 11.6 Å². The Morgan fingerprint density at radius 2 is 1.83 bits per heavy atom. The maximum atomic E-state index is 13.7. The minimum Gasteiger partial charge on any atom is -0.465 e. The number of carbonyl (C=O) groups excluding carboxylic acids is 4. The summed E-state index contributed by atoms with van der Waals surface area (Å²) in [4.78, 5) is 51.4. The molecule has 8 nitrogen and oxygen atoms in total. The van der Waals surface area contributed by atoms with Crippen LogP contribution >= 0.6 is 0 Å². The molecule has 0 heterocycles. The maximum absolute atomic E-state index is 13.7. The first-order chi connectivity index (χ1) is 18.8. The summed E-state index contributed by atoms with van der Waals surface area (Å²) in [5, 5.41) is -5.74. The molecule has 4 aliphatic carbocycles. The smallest absolute Gasteiger partial charge is 0.431 e. The molecule has 0 saturated heterocycles. The predicted molar refractivity (Wildman–Crippen MR) is 136 cm³/mol. The third-order valence-electron chi connectivity index (χ3n) is 9.96. The molecule has 4 rings (SSSR count). The van der Waals surface area contributed by atoms with Crippen molar-refractivity contribution in [3.63, 3.8) is 0 Å². The molecular formula is C28H34F4O8S. The number of fused-ring (bicyclic) bond motifs is 5. The van der Waals surface area contributed by atoms with Crippen LogP contribution in [0.15, 0.2) is 23.3 Å². The van der Waals surface area contributed by atoms with Crippen molar-refractivity contribution in [2.24, 2.45) is 34.5 Å². The van der Waals surface area contributed by atoms with E-state index in [0.717, 1.165) is 11.1 Å². The highest BCUT2D eigenvalue weighted by Gasteiger charge is 2.65. The van der Waals surface area contributed by atoms with Crippen molar-refractivity contribution >= 4 is 33.4 Å². The summed E-state index contributed by atoms with van der Waals surface area (Å²) < 4.78 is 88.0. The summed E-state index contributed by atoms with van der Waals surface area (Å²) >= 11 is 0. The molecule has 6 atom stereocenters. The Bertz CT molecular complexity index is 1340. The zero-order chi connectivity index (χ0) is 30.8. The van der Waals surface area contributed by atoms with Gasteiger partial charge in [0.25, 0.3) is 0 Å². The van der Waals surface area contributed by atoms with E-state index < -0.39 is 57.0 Å². The number of Topliss-reactive ketones (excluding diaryl/α,β-unsaturated/α-hetero) is 2. The van der Waals surface area contributed by atoms with Gasteiger partial charge in [-0.1, -0.05) is 25.5 Å². The highest BCUT2D eigenvalue weighted by atomic mass is 32.2. The van der Waals surface area contributed by atoms with Crippen molar-refractivity contribution in [3.8, 4) is 0 Å². The largest absolute Gasteiger partial charge is 0.465 e. The van der Waals surface area contributed by atoms with Crippen LogP contribution in [0, 0.1) is 34.5 Å². The quantitative estimate of drug-likeness (QED) is 0.170. The number of carbonyl (C=O) groups is 4. The van der Waals surface area contributed by atoms with Gasteiger partial charge in [0.05, 0.1) is 18.4 Å². The topological polar surface area (TPSA) is 132 Å². The first kappa shape index (κ1) is 31.5. The van der Waals surface area contributed by atoms with Crippen LogP contribution in [0.4, 0.5) is 17.6 Å². The molecule has 228 valence electrons. The van der Waals surface area contributed by atoms with Crippen molar-refractivity contribution in [2.75, 3.05) is 6.61 Å². The lowest BCUT2D eigenvalue weighted by atomic mass is 9.48. The molecule has 0 spiro atoms. The Morgan fingerprint density at radius 1 is 1.17 bits per heavy atom. The van der Waals surface area contributed by atoms with Gasteiger partial charge in [-0.05, 0) is 61.0 Å². The number of esters is 1. The molecular weight excluding hydrogens is 572 g/mol. The molecule has 0 aliphatic heterocycles. The molecule has 0 radical (unpaired) electrons. The number of ether oxygens (including phenoxy) is 1. The first-order valence-corrected chi connectivity index (χ1v) is 15.1. The standard InChI is InChI=1S/C28H34F4O8S/c1-15(4-7-23(36)40-11-10-27(29,30)28(31,32)41(37,38)39)18-5-6-19-24-20(14-22(35)26(18,19)3)25(2)9-8-17(33)12-16(25)13-21(24)34/h5,14-16,19,24H,4,6-13H2,1-3H3,(H,37,38,39)/t15-,16?,19?,24?,25?,26?/m1/s1. The van der Waals surface area contributed by atoms with Gasteiger partial charge in [-0.15, -0.1) is 0 Å². The maximum Gasteiger partial charge on any atom is 0.431 e. The average Bonchev–Trinajstić information content (AvgIpc) is 3.22. The molecule has 0 bridgehead atoms. The van der Waals surface area contributed by atoms with Crippen molar-refractivity contribution in [1.29, 1.82) is 0 Å². The molecule has 2 saturated carbocycles. The van der Waals surface area contributed by atoms with E-state index in [-0.39, 0.29) is 54.4 Å². The summed E-state index contributed by atoms with van der Waals surface area (Å²) in [6, 6.07) is 0. The summed E-state index contributed by atoms with van der Waals surface area (Å²) in [6.07, 6.45) is 3.68. The SMILES string of the molecule is C[C@H](CCC(=O)OCCC(F)(F)C(F)(F)S(=O)(=O)O)C1=CCC2C3C(=O)CC4CC(=O)CCC4(C)C3=CC(=O)C12C. The van der Waals surface area contributed by atoms with Gasteiger partial charge >= 0.3 is 27.3 Å². The lowest BCUT2D eigenvalue weighted by molar-refractivity contribution is -0.174. The third kappa shape index (κ3) is 5.10. The van der Waals surface area contributed by atoms with Gasteiger partial charge in [-0.2, -0.15) is 26.0 Å². The van der Waals surface area contributed by atoms with Gasteiger partial charge in [-0.25, -0.2) is 0 Å². The molecule has 2 fully saturated rings. The average molecular weight is 607 g/mol. The van der Waals surface area contributed by atoms with Crippen molar-refractivity contribution < 1.29 is 54.4 Å². The molecule has 41 heavy (non-hydrogen) atoms. The van der Waals surface area contributed by atoms with Crippen LogP contribution in [0.5, 0.6) is 0 Å². The van der Waals surface area contributed by atoms with Gasteiger partial charge in [0.15, 0.2) is 5.78 Å². The number of alkyl halides is 4. The highest BCUT2D eigenvalue weighted by molar-refractivity contribution is 7.87. The Kier molecular flexibility index (Phi) is 7.99. The minimum atomic E-state index is -6.38. The molecule has 0 amide bonds. The van der Waals surface area contributed by atoms with E-state index in [2.05, 4.69) is 4.74 Å².